The molecule has 0 fully saturated rings. The van der Waals surface area contributed by atoms with Crippen LogP contribution in [0.25, 0.3) is 0 Å². The fourth-order valence-corrected chi connectivity index (χ4v) is 2.48. The van der Waals surface area contributed by atoms with E-state index in [1.54, 1.807) is 12.1 Å². The molecule has 0 bridgehead atoms. The molecule has 0 heterocycles. The molecule has 0 aliphatic rings. The third kappa shape index (κ3) is 4.06. The molecule has 18 heavy (non-hydrogen) atoms. The Bertz CT molecular complexity index is 457. The average Bonchev–Trinajstić information content (AvgIpc) is 2.38. The first-order chi connectivity index (χ1) is 8.51. The molecule has 1 rings (SSSR count). The maximum Gasteiger partial charge on any atom is 0.240 e. The maximum absolute atomic E-state index is 11.9. The molecule has 1 aromatic rings. The molecule has 0 aliphatic heterocycles. The average molecular weight is 272 g/mol. The second kappa shape index (κ2) is 6.84. The van der Waals surface area contributed by atoms with Gasteiger partial charge < -0.3 is 10.1 Å². The second-order valence-corrected chi connectivity index (χ2v) is 5.74. The molecule has 6 heteroatoms. The zero-order valence-electron chi connectivity index (χ0n) is 10.9. The highest BCUT2D eigenvalue weighted by molar-refractivity contribution is 7.89. The van der Waals surface area contributed by atoms with Crippen LogP contribution in [0.2, 0.25) is 0 Å². The number of nitrogens with one attached hydrogen (secondary N) is 2. The highest BCUT2D eigenvalue weighted by atomic mass is 32.2. The van der Waals surface area contributed by atoms with E-state index >= 15 is 0 Å². The van der Waals surface area contributed by atoms with Crippen LogP contribution in [0.5, 0.6) is 0 Å². The summed E-state index contributed by atoms with van der Waals surface area (Å²) in [6.07, 6.45) is 0. The molecule has 0 radical (unpaired) electrons. The molecule has 1 unspecified atom stereocenters. The number of ether oxygens (including phenoxy) is 1. The number of hydrogen-bond donors (Lipinski definition) is 2. The molecule has 5 nitrogen and oxygen atoms in total. The molecular weight excluding hydrogens is 252 g/mol. The van der Waals surface area contributed by atoms with Crippen LogP contribution < -0.4 is 10.0 Å². The van der Waals surface area contributed by atoms with Crippen molar-refractivity contribution in [2.24, 2.45) is 0 Å². The lowest BCUT2D eigenvalue weighted by Crippen LogP contribution is -2.27. The van der Waals surface area contributed by atoms with Crippen LogP contribution in [0.4, 0.5) is 0 Å². The molecular formula is C12H20N2O3S. The third-order valence-corrected chi connectivity index (χ3v) is 4.20. The number of benzene rings is 1. The predicted octanol–water partition coefficient (Wildman–Crippen LogP) is 0.892. The van der Waals surface area contributed by atoms with Gasteiger partial charge in [0, 0.05) is 19.7 Å². The molecule has 1 atom stereocenters. The molecule has 102 valence electrons. The smallest absolute Gasteiger partial charge is 0.240 e. The van der Waals surface area contributed by atoms with Crippen molar-refractivity contribution in [3.05, 3.63) is 29.8 Å². The van der Waals surface area contributed by atoms with Crippen LogP contribution in [0.15, 0.2) is 29.2 Å². The quantitative estimate of drug-likeness (QED) is 0.723. The fourth-order valence-electron chi connectivity index (χ4n) is 1.46. The molecule has 0 spiro atoms. The molecule has 0 saturated carbocycles. The van der Waals surface area contributed by atoms with Gasteiger partial charge in [-0.1, -0.05) is 12.1 Å². The lowest BCUT2D eigenvalue weighted by molar-refractivity contribution is 0.204. The van der Waals surface area contributed by atoms with Crippen LogP contribution >= 0.6 is 0 Å². The SMILES string of the molecule is CNC(C)c1ccc(S(=O)(=O)NCCOC)cc1. The van der Waals surface area contributed by atoms with E-state index in [0.717, 1.165) is 5.56 Å². The van der Waals surface area contributed by atoms with Crippen LogP contribution in [-0.2, 0) is 14.8 Å². The van der Waals surface area contributed by atoms with Gasteiger partial charge in [-0.15, -0.1) is 0 Å². The van der Waals surface area contributed by atoms with E-state index in [-0.39, 0.29) is 17.5 Å². The Morgan fingerprint density at radius 3 is 2.39 bits per heavy atom. The highest BCUT2D eigenvalue weighted by Crippen LogP contribution is 2.15. The van der Waals surface area contributed by atoms with Crippen molar-refractivity contribution in [2.75, 3.05) is 27.3 Å². The molecule has 0 aliphatic carbocycles. The minimum absolute atomic E-state index is 0.197. The number of hydrogen-bond acceptors (Lipinski definition) is 4. The molecule has 0 saturated heterocycles. The van der Waals surface area contributed by atoms with Crippen LogP contribution in [-0.4, -0.2) is 35.7 Å². The predicted molar refractivity (Wildman–Crippen MR) is 71.0 cm³/mol. The first-order valence-electron chi connectivity index (χ1n) is 5.77. The van der Waals surface area contributed by atoms with Gasteiger partial charge in [0.1, 0.15) is 0 Å². The summed E-state index contributed by atoms with van der Waals surface area (Å²) in [5.74, 6) is 0. The molecule has 2 N–H and O–H groups in total. The highest BCUT2D eigenvalue weighted by Gasteiger charge is 2.13. The van der Waals surface area contributed by atoms with E-state index < -0.39 is 10.0 Å². The molecule has 0 aromatic heterocycles. The molecule has 1 aromatic carbocycles. The van der Waals surface area contributed by atoms with E-state index in [1.165, 1.54) is 7.11 Å². The number of rotatable bonds is 7. The second-order valence-electron chi connectivity index (χ2n) is 3.97. The summed E-state index contributed by atoms with van der Waals surface area (Å²) in [5, 5.41) is 3.10. The Morgan fingerprint density at radius 1 is 1.28 bits per heavy atom. The topological polar surface area (TPSA) is 67.4 Å². The van der Waals surface area contributed by atoms with E-state index in [9.17, 15) is 8.42 Å². The van der Waals surface area contributed by atoms with Gasteiger partial charge in [0.05, 0.1) is 11.5 Å². The van der Waals surface area contributed by atoms with Crippen molar-refractivity contribution in [3.8, 4) is 0 Å². The van der Waals surface area contributed by atoms with Gasteiger partial charge in [-0.2, -0.15) is 0 Å². The van der Waals surface area contributed by atoms with Gasteiger partial charge >= 0.3 is 0 Å². The summed E-state index contributed by atoms with van der Waals surface area (Å²) in [6.45, 7) is 2.64. The fraction of sp³-hybridized carbons (Fsp3) is 0.500. The lowest BCUT2D eigenvalue weighted by Gasteiger charge is -2.11. The van der Waals surface area contributed by atoms with Crippen molar-refractivity contribution in [1.82, 2.24) is 10.0 Å². The van der Waals surface area contributed by atoms with E-state index in [0.29, 0.717) is 6.61 Å². The summed E-state index contributed by atoms with van der Waals surface area (Å²) >= 11 is 0. The number of methoxy groups -OCH3 is 1. The van der Waals surface area contributed by atoms with Gasteiger partial charge in [0.2, 0.25) is 10.0 Å². The van der Waals surface area contributed by atoms with Crippen molar-refractivity contribution in [2.45, 2.75) is 17.9 Å². The van der Waals surface area contributed by atoms with Crippen molar-refractivity contribution in [3.63, 3.8) is 0 Å². The first-order valence-corrected chi connectivity index (χ1v) is 7.25. The Kier molecular flexibility index (Phi) is 5.74. The van der Waals surface area contributed by atoms with E-state index in [1.807, 2.05) is 26.1 Å². The molecule has 0 amide bonds. The van der Waals surface area contributed by atoms with Crippen LogP contribution in [0.3, 0.4) is 0 Å². The first kappa shape index (κ1) is 15.1. The Hall–Kier alpha value is -0.950. The van der Waals surface area contributed by atoms with Gasteiger partial charge in [0.15, 0.2) is 0 Å². The zero-order chi connectivity index (χ0) is 13.6. The summed E-state index contributed by atoms with van der Waals surface area (Å²) in [6, 6.07) is 7.04. The van der Waals surface area contributed by atoms with Gasteiger partial charge in [-0.25, -0.2) is 13.1 Å². The third-order valence-electron chi connectivity index (χ3n) is 2.72. The summed E-state index contributed by atoms with van der Waals surface area (Å²) in [4.78, 5) is 0.269. The standard InChI is InChI=1S/C12H20N2O3S/c1-10(13-2)11-4-6-12(7-5-11)18(15,16)14-8-9-17-3/h4-7,10,13-14H,8-9H2,1-3H3. The summed E-state index contributed by atoms with van der Waals surface area (Å²) in [5.41, 5.74) is 1.05. The van der Waals surface area contributed by atoms with E-state index in [2.05, 4.69) is 10.0 Å². The summed E-state index contributed by atoms with van der Waals surface area (Å²) < 4.78 is 31.0. The van der Waals surface area contributed by atoms with Gasteiger partial charge in [-0.05, 0) is 31.7 Å². The van der Waals surface area contributed by atoms with Crippen molar-refractivity contribution < 1.29 is 13.2 Å². The number of sulfonamides is 1. The van der Waals surface area contributed by atoms with Crippen molar-refractivity contribution >= 4 is 10.0 Å². The largest absolute Gasteiger partial charge is 0.383 e. The summed E-state index contributed by atoms with van der Waals surface area (Å²) in [7, 11) is -0.0394. The normalized spacial score (nSPS) is 13.5. The van der Waals surface area contributed by atoms with E-state index in [4.69, 9.17) is 4.74 Å². The Morgan fingerprint density at radius 2 is 1.89 bits per heavy atom. The lowest BCUT2D eigenvalue weighted by atomic mass is 10.1. The maximum atomic E-state index is 11.9. The van der Waals surface area contributed by atoms with Gasteiger partial charge in [0.25, 0.3) is 0 Å². The van der Waals surface area contributed by atoms with Crippen LogP contribution in [0, 0.1) is 0 Å². The minimum Gasteiger partial charge on any atom is -0.383 e. The van der Waals surface area contributed by atoms with Crippen LogP contribution in [0.1, 0.15) is 18.5 Å². The monoisotopic (exact) mass is 272 g/mol. The Balaban J connectivity index is 2.78. The van der Waals surface area contributed by atoms with Crippen molar-refractivity contribution in [1.29, 1.82) is 0 Å². The Labute approximate surface area is 109 Å². The zero-order valence-corrected chi connectivity index (χ0v) is 11.8. The van der Waals surface area contributed by atoms with Gasteiger partial charge in [-0.3, -0.25) is 0 Å². The minimum atomic E-state index is -3.43.